The van der Waals surface area contributed by atoms with Gasteiger partial charge in [0, 0.05) is 4.91 Å². The van der Waals surface area contributed by atoms with Gasteiger partial charge >= 0.3 is 12.1 Å². The second-order valence-corrected chi connectivity index (χ2v) is 7.79. The Morgan fingerprint density at radius 3 is 2.52 bits per heavy atom. The number of ether oxygens (including phenoxy) is 4. The predicted octanol–water partition coefficient (Wildman–Crippen LogP) is 3.05. The molecule has 1 heterocycles. The highest BCUT2D eigenvalue weighted by Gasteiger charge is 2.37. The standard InChI is InChI=1S/C17H30N4O6/c1-16(2,3)27-15(23)19-12(14(22)24-6)9-7-8-11(20-21-18)13-10-25-17(4,5)26-13/h11-13H,7-10H2,1-6H3,(H,19,23)/t11-,12+,13+/m1/s1. The van der Waals surface area contributed by atoms with Crippen molar-refractivity contribution in [2.45, 2.75) is 83.5 Å². The quantitative estimate of drug-likeness (QED) is 0.295. The van der Waals surface area contributed by atoms with Crippen LogP contribution in [0.5, 0.6) is 0 Å². The zero-order valence-corrected chi connectivity index (χ0v) is 16.9. The van der Waals surface area contributed by atoms with E-state index in [1.54, 1.807) is 34.6 Å². The lowest BCUT2D eigenvalue weighted by Crippen LogP contribution is -2.44. The molecule has 1 rings (SSSR count). The molecule has 0 unspecified atom stereocenters. The van der Waals surface area contributed by atoms with Gasteiger partial charge in [-0.2, -0.15) is 0 Å². The fourth-order valence-electron chi connectivity index (χ4n) is 2.66. The Labute approximate surface area is 159 Å². The Morgan fingerprint density at radius 2 is 2.04 bits per heavy atom. The maximum absolute atomic E-state index is 11.9. The van der Waals surface area contributed by atoms with E-state index in [9.17, 15) is 9.59 Å². The van der Waals surface area contributed by atoms with E-state index in [0.717, 1.165) is 0 Å². The van der Waals surface area contributed by atoms with E-state index in [0.29, 0.717) is 25.9 Å². The molecule has 0 bridgehead atoms. The van der Waals surface area contributed by atoms with Crippen LogP contribution in [0.3, 0.4) is 0 Å². The summed E-state index contributed by atoms with van der Waals surface area (Å²) >= 11 is 0. The van der Waals surface area contributed by atoms with Gasteiger partial charge in [0.25, 0.3) is 0 Å². The number of rotatable bonds is 8. The van der Waals surface area contributed by atoms with Gasteiger partial charge < -0.3 is 24.3 Å². The van der Waals surface area contributed by atoms with Gasteiger partial charge in [-0.05, 0) is 53.0 Å². The van der Waals surface area contributed by atoms with Crippen LogP contribution < -0.4 is 5.32 Å². The van der Waals surface area contributed by atoms with Crippen molar-refractivity contribution in [1.29, 1.82) is 0 Å². The number of hydrogen-bond acceptors (Lipinski definition) is 7. The van der Waals surface area contributed by atoms with Crippen LogP contribution >= 0.6 is 0 Å². The summed E-state index contributed by atoms with van der Waals surface area (Å²) in [5.41, 5.74) is 8.13. The number of methoxy groups -OCH3 is 1. The van der Waals surface area contributed by atoms with Crippen molar-refractivity contribution in [1.82, 2.24) is 5.32 Å². The third-order valence-electron chi connectivity index (χ3n) is 3.83. The number of carbonyl (C=O) groups is 2. The van der Waals surface area contributed by atoms with Crippen LogP contribution in [-0.4, -0.2) is 55.4 Å². The average Bonchev–Trinajstić information content (AvgIpc) is 2.90. The third-order valence-corrected chi connectivity index (χ3v) is 3.83. The minimum Gasteiger partial charge on any atom is -0.467 e. The van der Waals surface area contributed by atoms with Gasteiger partial charge in [0.15, 0.2) is 5.79 Å². The van der Waals surface area contributed by atoms with Gasteiger partial charge in [-0.15, -0.1) is 0 Å². The summed E-state index contributed by atoms with van der Waals surface area (Å²) in [6, 6.07) is -1.29. The number of nitrogens with zero attached hydrogens (tertiary/aromatic N) is 3. The molecule has 27 heavy (non-hydrogen) atoms. The number of amides is 1. The van der Waals surface area contributed by atoms with Crippen LogP contribution in [0.4, 0.5) is 4.79 Å². The minimum absolute atomic E-state index is 0.306. The first-order chi connectivity index (χ1) is 12.5. The van der Waals surface area contributed by atoms with Gasteiger partial charge in [-0.25, -0.2) is 9.59 Å². The maximum Gasteiger partial charge on any atom is 0.408 e. The molecule has 154 valence electrons. The number of hydrogen-bond donors (Lipinski definition) is 1. The lowest BCUT2D eigenvalue weighted by Gasteiger charge is -2.23. The monoisotopic (exact) mass is 386 g/mol. The first kappa shape index (κ1) is 23.0. The molecule has 0 aromatic heterocycles. The summed E-state index contributed by atoms with van der Waals surface area (Å²) < 4.78 is 21.2. The summed E-state index contributed by atoms with van der Waals surface area (Å²) in [4.78, 5) is 26.7. The zero-order chi connectivity index (χ0) is 20.7. The first-order valence-electron chi connectivity index (χ1n) is 8.91. The summed E-state index contributed by atoms with van der Waals surface area (Å²) in [7, 11) is 1.25. The molecule has 0 radical (unpaired) electrons. The SMILES string of the molecule is COC(=O)[C@H](CCC[C@@H](N=[N+]=[N-])[C@@H]1COC(C)(C)O1)NC(=O)OC(C)(C)C. The topological polar surface area (TPSA) is 132 Å². The Balaban J connectivity index is 2.61. The van der Waals surface area contributed by atoms with Crippen LogP contribution in [0, 0.1) is 0 Å². The predicted molar refractivity (Wildman–Crippen MR) is 96.9 cm³/mol. The molecule has 1 aliphatic heterocycles. The van der Waals surface area contributed by atoms with E-state index in [4.69, 9.17) is 24.5 Å². The summed E-state index contributed by atoms with van der Waals surface area (Å²) in [6.45, 7) is 9.10. The van der Waals surface area contributed by atoms with E-state index < -0.39 is 35.5 Å². The maximum atomic E-state index is 11.9. The van der Waals surface area contributed by atoms with Crippen molar-refractivity contribution in [2.24, 2.45) is 5.11 Å². The van der Waals surface area contributed by atoms with E-state index in [2.05, 4.69) is 15.3 Å². The van der Waals surface area contributed by atoms with E-state index in [1.807, 2.05) is 0 Å². The second-order valence-electron chi connectivity index (χ2n) is 7.79. The zero-order valence-electron chi connectivity index (χ0n) is 16.9. The van der Waals surface area contributed by atoms with Crippen molar-refractivity contribution >= 4 is 12.1 Å². The van der Waals surface area contributed by atoms with Gasteiger partial charge in [0.1, 0.15) is 11.6 Å². The molecule has 1 amide bonds. The molecule has 0 saturated carbocycles. The number of nitrogens with one attached hydrogen (secondary N) is 1. The van der Waals surface area contributed by atoms with Crippen LogP contribution in [-0.2, 0) is 23.7 Å². The van der Waals surface area contributed by atoms with Gasteiger partial charge in [0.05, 0.1) is 25.9 Å². The highest BCUT2D eigenvalue weighted by atomic mass is 16.7. The van der Waals surface area contributed by atoms with E-state index >= 15 is 0 Å². The molecule has 0 spiro atoms. The van der Waals surface area contributed by atoms with Crippen molar-refractivity contribution in [3.63, 3.8) is 0 Å². The Bertz CT molecular complexity index is 568. The highest BCUT2D eigenvalue weighted by Crippen LogP contribution is 2.27. The lowest BCUT2D eigenvalue weighted by atomic mass is 10.0. The molecule has 10 nitrogen and oxygen atoms in total. The van der Waals surface area contributed by atoms with Gasteiger partial charge in [-0.1, -0.05) is 11.5 Å². The fraction of sp³-hybridized carbons (Fsp3) is 0.882. The molecule has 1 fully saturated rings. The molecular weight excluding hydrogens is 356 g/mol. The van der Waals surface area contributed by atoms with Crippen LogP contribution in [0.2, 0.25) is 0 Å². The van der Waals surface area contributed by atoms with Crippen molar-refractivity contribution < 1.29 is 28.5 Å². The number of esters is 1. The smallest absolute Gasteiger partial charge is 0.408 e. The highest BCUT2D eigenvalue weighted by molar-refractivity contribution is 5.81. The molecule has 3 atom stereocenters. The van der Waals surface area contributed by atoms with Gasteiger partial charge in [-0.3, -0.25) is 0 Å². The van der Waals surface area contributed by atoms with Crippen molar-refractivity contribution in [3.8, 4) is 0 Å². The van der Waals surface area contributed by atoms with E-state index in [1.165, 1.54) is 7.11 Å². The molecule has 0 aromatic carbocycles. The second kappa shape index (κ2) is 9.77. The molecule has 1 N–H and O–H groups in total. The summed E-state index contributed by atoms with van der Waals surface area (Å²) in [6.07, 6.45) is 0.224. The minimum atomic E-state index is -0.853. The Kier molecular flexibility index (Phi) is 8.33. The van der Waals surface area contributed by atoms with Crippen LogP contribution in [0.1, 0.15) is 53.9 Å². The third kappa shape index (κ3) is 8.47. The van der Waals surface area contributed by atoms with Crippen LogP contribution in [0.25, 0.3) is 10.4 Å². The van der Waals surface area contributed by atoms with Crippen molar-refractivity contribution in [3.05, 3.63) is 10.4 Å². The number of carbonyl (C=O) groups excluding carboxylic acids is 2. The summed E-state index contributed by atoms with van der Waals surface area (Å²) in [5, 5.41) is 6.31. The number of alkyl carbamates (subject to hydrolysis) is 1. The van der Waals surface area contributed by atoms with Crippen molar-refractivity contribution in [2.75, 3.05) is 13.7 Å². The first-order valence-corrected chi connectivity index (χ1v) is 8.91. The normalized spacial score (nSPS) is 20.9. The largest absolute Gasteiger partial charge is 0.467 e. The molecule has 1 aliphatic rings. The molecule has 0 aliphatic carbocycles. The van der Waals surface area contributed by atoms with Gasteiger partial charge in [0.2, 0.25) is 0 Å². The molecule has 0 aromatic rings. The Morgan fingerprint density at radius 1 is 1.37 bits per heavy atom. The average molecular weight is 386 g/mol. The Hall–Kier alpha value is -2.03. The number of azide groups is 1. The fourth-order valence-corrected chi connectivity index (χ4v) is 2.66. The van der Waals surface area contributed by atoms with Crippen LogP contribution in [0.15, 0.2) is 5.11 Å². The molecular formula is C17H30N4O6. The molecule has 1 saturated heterocycles. The van der Waals surface area contributed by atoms with E-state index in [-0.39, 0.29) is 6.10 Å². The molecule has 10 heteroatoms. The summed E-state index contributed by atoms with van der Waals surface area (Å²) in [5.74, 6) is -1.29. The lowest BCUT2D eigenvalue weighted by molar-refractivity contribution is -0.143.